The zero-order chi connectivity index (χ0) is 16.7. The molecule has 0 saturated carbocycles. The van der Waals surface area contributed by atoms with Crippen LogP contribution in [0.3, 0.4) is 0 Å². The van der Waals surface area contributed by atoms with Gasteiger partial charge in [0.15, 0.2) is 0 Å². The first kappa shape index (κ1) is 16.4. The number of hydrogen-bond donors (Lipinski definition) is 2. The minimum atomic E-state index is -0.699. The summed E-state index contributed by atoms with van der Waals surface area (Å²) in [7, 11) is 1.88. The van der Waals surface area contributed by atoms with Gasteiger partial charge in [0, 0.05) is 12.7 Å². The molecule has 0 spiro atoms. The quantitative estimate of drug-likeness (QED) is 0.852. The van der Waals surface area contributed by atoms with Crippen molar-refractivity contribution in [3.63, 3.8) is 0 Å². The fourth-order valence-electron chi connectivity index (χ4n) is 2.09. The van der Waals surface area contributed by atoms with Crippen LogP contribution in [0.2, 0.25) is 0 Å². The molecule has 0 unspecified atom stereocenters. The van der Waals surface area contributed by atoms with Gasteiger partial charge in [0.2, 0.25) is 0 Å². The number of carbonyl (C=O) groups is 2. The van der Waals surface area contributed by atoms with Crippen molar-refractivity contribution in [3.8, 4) is 0 Å². The molecule has 0 aliphatic rings. The van der Waals surface area contributed by atoms with Gasteiger partial charge in [-0.2, -0.15) is 0 Å². The number of benzene rings is 2. The van der Waals surface area contributed by atoms with Crippen LogP contribution in [-0.2, 0) is 4.74 Å². The van der Waals surface area contributed by atoms with Gasteiger partial charge < -0.3 is 9.64 Å². The maximum atomic E-state index is 12.3. The lowest BCUT2D eigenvalue weighted by Gasteiger charge is -2.22. The van der Waals surface area contributed by atoms with E-state index in [0.717, 1.165) is 11.4 Å². The van der Waals surface area contributed by atoms with Crippen molar-refractivity contribution in [1.29, 1.82) is 0 Å². The van der Waals surface area contributed by atoms with E-state index in [4.69, 9.17) is 4.74 Å². The van der Waals surface area contributed by atoms with Gasteiger partial charge in [0.25, 0.3) is 5.91 Å². The van der Waals surface area contributed by atoms with E-state index in [-0.39, 0.29) is 6.61 Å². The van der Waals surface area contributed by atoms with Gasteiger partial charge >= 0.3 is 6.09 Å². The van der Waals surface area contributed by atoms with E-state index in [1.54, 1.807) is 19.1 Å². The van der Waals surface area contributed by atoms with Crippen molar-refractivity contribution in [1.82, 2.24) is 10.9 Å². The predicted molar refractivity (Wildman–Crippen MR) is 88.6 cm³/mol. The number of para-hydroxylation sites is 2. The average molecular weight is 313 g/mol. The third-order valence-electron chi connectivity index (χ3n) is 3.21. The summed E-state index contributed by atoms with van der Waals surface area (Å²) >= 11 is 0. The summed E-state index contributed by atoms with van der Waals surface area (Å²) in [4.78, 5) is 25.5. The van der Waals surface area contributed by atoms with Crippen molar-refractivity contribution in [2.45, 2.75) is 6.92 Å². The Morgan fingerprint density at radius 2 is 1.65 bits per heavy atom. The number of ether oxygens (including phenoxy) is 1. The van der Waals surface area contributed by atoms with Crippen LogP contribution in [0.1, 0.15) is 17.3 Å². The normalized spacial score (nSPS) is 9.83. The Morgan fingerprint density at radius 3 is 2.35 bits per heavy atom. The molecule has 6 heteroatoms. The average Bonchev–Trinajstić information content (AvgIpc) is 2.60. The van der Waals surface area contributed by atoms with E-state index < -0.39 is 12.0 Å². The van der Waals surface area contributed by atoms with Crippen molar-refractivity contribution in [3.05, 3.63) is 60.2 Å². The second-order valence-electron chi connectivity index (χ2n) is 4.71. The molecular formula is C17H19N3O3. The summed E-state index contributed by atoms with van der Waals surface area (Å²) in [5.74, 6) is -0.420. The van der Waals surface area contributed by atoms with E-state index in [9.17, 15) is 9.59 Å². The van der Waals surface area contributed by atoms with E-state index in [0.29, 0.717) is 5.56 Å². The lowest BCUT2D eigenvalue weighted by atomic mass is 10.1. The van der Waals surface area contributed by atoms with Crippen molar-refractivity contribution in [2.75, 3.05) is 18.6 Å². The van der Waals surface area contributed by atoms with Crippen LogP contribution in [0.15, 0.2) is 54.6 Å². The van der Waals surface area contributed by atoms with Crippen LogP contribution >= 0.6 is 0 Å². The molecule has 0 radical (unpaired) electrons. The van der Waals surface area contributed by atoms with E-state index >= 15 is 0 Å². The van der Waals surface area contributed by atoms with Crippen molar-refractivity contribution in [2.24, 2.45) is 0 Å². The van der Waals surface area contributed by atoms with Gasteiger partial charge in [0.1, 0.15) is 0 Å². The molecule has 0 fully saturated rings. The number of anilines is 2. The van der Waals surface area contributed by atoms with Crippen molar-refractivity contribution < 1.29 is 14.3 Å². The van der Waals surface area contributed by atoms with Crippen LogP contribution in [0.25, 0.3) is 0 Å². The molecule has 0 saturated heterocycles. The molecule has 120 valence electrons. The number of nitrogens with zero attached hydrogens (tertiary/aromatic N) is 1. The molecule has 2 rings (SSSR count). The Morgan fingerprint density at radius 1 is 1.00 bits per heavy atom. The highest BCUT2D eigenvalue weighted by Gasteiger charge is 2.15. The third-order valence-corrected chi connectivity index (χ3v) is 3.21. The van der Waals surface area contributed by atoms with Gasteiger partial charge in [0.05, 0.1) is 17.9 Å². The largest absolute Gasteiger partial charge is 0.449 e. The van der Waals surface area contributed by atoms with Crippen molar-refractivity contribution >= 4 is 23.4 Å². The topological polar surface area (TPSA) is 70.7 Å². The highest BCUT2D eigenvalue weighted by Crippen LogP contribution is 2.26. The van der Waals surface area contributed by atoms with E-state index in [1.807, 2.05) is 54.4 Å². The Balaban J connectivity index is 2.17. The third kappa shape index (κ3) is 4.23. The molecule has 2 N–H and O–H groups in total. The highest BCUT2D eigenvalue weighted by atomic mass is 16.5. The Kier molecular flexibility index (Phi) is 5.57. The summed E-state index contributed by atoms with van der Waals surface area (Å²) in [5.41, 5.74) is 6.66. The van der Waals surface area contributed by atoms with Crippen LogP contribution in [0.5, 0.6) is 0 Å². The molecule has 0 atom stereocenters. The molecule has 23 heavy (non-hydrogen) atoms. The van der Waals surface area contributed by atoms with Gasteiger partial charge in [-0.15, -0.1) is 0 Å². The lowest BCUT2D eigenvalue weighted by Crippen LogP contribution is -2.42. The molecule has 0 aromatic heterocycles. The van der Waals surface area contributed by atoms with Crippen LogP contribution in [0.4, 0.5) is 16.2 Å². The molecule has 2 aromatic rings. The molecule has 0 heterocycles. The zero-order valence-electron chi connectivity index (χ0n) is 13.1. The number of rotatable bonds is 4. The second-order valence-corrected chi connectivity index (χ2v) is 4.71. The van der Waals surface area contributed by atoms with Gasteiger partial charge in [-0.05, 0) is 31.2 Å². The lowest BCUT2D eigenvalue weighted by molar-refractivity contribution is 0.0913. The minimum Gasteiger partial charge on any atom is -0.449 e. The summed E-state index contributed by atoms with van der Waals surface area (Å²) in [6.45, 7) is 1.92. The SMILES string of the molecule is CCOC(=O)NNC(=O)c1ccccc1N(C)c1ccccc1. The summed E-state index contributed by atoms with van der Waals surface area (Å²) < 4.78 is 4.70. The van der Waals surface area contributed by atoms with E-state index in [1.165, 1.54) is 0 Å². The first-order chi connectivity index (χ1) is 11.1. The Labute approximate surface area is 135 Å². The Bertz CT molecular complexity index is 674. The highest BCUT2D eigenvalue weighted by molar-refractivity contribution is 6.01. The molecule has 0 aliphatic heterocycles. The molecular weight excluding hydrogens is 294 g/mol. The zero-order valence-corrected chi connectivity index (χ0v) is 13.1. The van der Waals surface area contributed by atoms with Crippen LogP contribution in [0, 0.1) is 0 Å². The molecule has 6 nitrogen and oxygen atoms in total. The number of hydrazine groups is 1. The first-order valence-corrected chi connectivity index (χ1v) is 7.24. The number of amides is 2. The van der Waals surface area contributed by atoms with Gasteiger partial charge in [-0.3, -0.25) is 10.2 Å². The summed E-state index contributed by atoms with van der Waals surface area (Å²) in [6, 6.07) is 16.8. The minimum absolute atomic E-state index is 0.231. The maximum absolute atomic E-state index is 12.3. The molecule has 2 aromatic carbocycles. The van der Waals surface area contributed by atoms with E-state index in [2.05, 4.69) is 10.9 Å². The van der Waals surface area contributed by atoms with Crippen LogP contribution < -0.4 is 15.8 Å². The first-order valence-electron chi connectivity index (χ1n) is 7.24. The van der Waals surface area contributed by atoms with Crippen LogP contribution in [-0.4, -0.2) is 25.7 Å². The maximum Gasteiger partial charge on any atom is 0.426 e. The van der Waals surface area contributed by atoms with Gasteiger partial charge in [-0.1, -0.05) is 30.3 Å². The molecule has 0 bridgehead atoms. The smallest absolute Gasteiger partial charge is 0.426 e. The standard InChI is InChI=1S/C17H19N3O3/c1-3-23-17(22)19-18-16(21)14-11-7-8-12-15(14)20(2)13-9-5-4-6-10-13/h4-12H,3H2,1-2H3,(H,18,21)(H,19,22). The summed E-state index contributed by atoms with van der Waals surface area (Å²) in [6.07, 6.45) is -0.699. The number of nitrogens with one attached hydrogen (secondary N) is 2. The van der Waals surface area contributed by atoms with Gasteiger partial charge in [-0.25, -0.2) is 10.2 Å². The number of hydrogen-bond acceptors (Lipinski definition) is 4. The summed E-state index contributed by atoms with van der Waals surface area (Å²) in [5, 5.41) is 0. The Hall–Kier alpha value is -3.02. The predicted octanol–water partition coefficient (Wildman–Crippen LogP) is 2.85. The monoisotopic (exact) mass is 313 g/mol. The number of carbonyl (C=O) groups excluding carboxylic acids is 2. The molecule has 2 amide bonds. The second kappa shape index (κ2) is 7.84. The fraction of sp³-hybridized carbons (Fsp3) is 0.176. The fourth-order valence-corrected chi connectivity index (χ4v) is 2.09. The molecule has 0 aliphatic carbocycles.